The Morgan fingerprint density at radius 1 is 1.07 bits per heavy atom. The number of halogens is 1. The molecule has 0 aliphatic rings. The van der Waals surface area contributed by atoms with Crippen molar-refractivity contribution < 1.29 is 0 Å². The van der Waals surface area contributed by atoms with Crippen LogP contribution >= 0.6 is 11.6 Å². The first-order chi connectivity index (χ1) is 12.8. The minimum atomic E-state index is -0.399. The SMILES string of the molecule is [CH2]Cc1nc2c(c(=O)n(Cc3cc4cc(Cl)ccc4n3C)c(=O)n2C)n1C. The Morgan fingerprint density at radius 3 is 2.52 bits per heavy atom. The van der Waals surface area contributed by atoms with Crippen molar-refractivity contribution in [1.82, 2.24) is 23.3 Å². The van der Waals surface area contributed by atoms with Gasteiger partial charge in [0.15, 0.2) is 11.2 Å². The van der Waals surface area contributed by atoms with Crippen LogP contribution in [0.5, 0.6) is 0 Å². The summed E-state index contributed by atoms with van der Waals surface area (Å²) in [5, 5.41) is 1.61. The molecule has 8 heteroatoms. The van der Waals surface area contributed by atoms with Crippen LogP contribution in [-0.4, -0.2) is 23.3 Å². The Balaban J connectivity index is 1.95. The van der Waals surface area contributed by atoms with Crippen molar-refractivity contribution in [2.45, 2.75) is 13.0 Å². The monoisotopic (exact) mass is 384 g/mol. The molecule has 4 aromatic rings. The van der Waals surface area contributed by atoms with Crippen LogP contribution in [0.1, 0.15) is 11.5 Å². The molecule has 0 saturated carbocycles. The lowest BCUT2D eigenvalue weighted by Gasteiger charge is -2.10. The number of fused-ring (bicyclic) bond motifs is 2. The zero-order valence-corrected chi connectivity index (χ0v) is 16.1. The Labute approximate surface area is 160 Å². The van der Waals surface area contributed by atoms with Crippen LogP contribution in [0.25, 0.3) is 22.1 Å². The van der Waals surface area contributed by atoms with Gasteiger partial charge in [-0.2, -0.15) is 0 Å². The molecule has 0 aliphatic heterocycles. The Hall–Kier alpha value is -2.80. The number of imidazole rings is 1. The number of aryl methyl sites for hydroxylation is 3. The Kier molecular flexibility index (Phi) is 3.99. The Bertz CT molecular complexity index is 1320. The van der Waals surface area contributed by atoms with E-state index in [1.54, 1.807) is 18.7 Å². The van der Waals surface area contributed by atoms with E-state index in [1.165, 1.54) is 9.13 Å². The summed E-state index contributed by atoms with van der Waals surface area (Å²) in [7, 11) is 5.30. The van der Waals surface area contributed by atoms with E-state index >= 15 is 0 Å². The first kappa shape index (κ1) is 17.6. The van der Waals surface area contributed by atoms with E-state index in [0.29, 0.717) is 28.4 Å². The second-order valence-corrected chi connectivity index (χ2v) is 7.08. The van der Waals surface area contributed by atoms with E-state index in [2.05, 4.69) is 11.9 Å². The van der Waals surface area contributed by atoms with Crippen LogP contribution in [0.3, 0.4) is 0 Å². The summed E-state index contributed by atoms with van der Waals surface area (Å²) < 4.78 is 6.33. The zero-order chi connectivity index (χ0) is 19.5. The standard InChI is InChI=1S/C19H19ClN5O2/c1-5-15-21-17-16(23(15)3)18(26)25(19(27)24(17)4)10-13-9-11-8-12(20)6-7-14(11)22(13)2/h6-9H,1,5,10H2,2-4H3. The normalized spacial score (nSPS) is 11.7. The van der Waals surface area contributed by atoms with Crippen LogP contribution in [0.2, 0.25) is 5.02 Å². The summed E-state index contributed by atoms with van der Waals surface area (Å²) in [6.45, 7) is 4.00. The number of hydrogen-bond donors (Lipinski definition) is 0. The highest BCUT2D eigenvalue weighted by atomic mass is 35.5. The van der Waals surface area contributed by atoms with Gasteiger partial charge in [-0.15, -0.1) is 0 Å². The third-order valence-corrected chi connectivity index (χ3v) is 5.34. The predicted molar refractivity (Wildman–Crippen MR) is 106 cm³/mol. The number of rotatable bonds is 3. The van der Waals surface area contributed by atoms with Crippen molar-refractivity contribution in [3.05, 3.63) is 68.6 Å². The molecule has 27 heavy (non-hydrogen) atoms. The molecule has 4 rings (SSSR count). The summed E-state index contributed by atoms with van der Waals surface area (Å²) in [6, 6.07) is 7.56. The van der Waals surface area contributed by atoms with Crippen molar-refractivity contribution in [2.24, 2.45) is 21.1 Å². The molecule has 3 aromatic heterocycles. The molecule has 0 amide bonds. The number of hydrogen-bond acceptors (Lipinski definition) is 3. The third-order valence-electron chi connectivity index (χ3n) is 5.10. The van der Waals surface area contributed by atoms with Crippen molar-refractivity contribution >= 4 is 33.7 Å². The van der Waals surface area contributed by atoms with E-state index in [9.17, 15) is 9.59 Å². The highest BCUT2D eigenvalue weighted by Crippen LogP contribution is 2.23. The van der Waals surface area contributed by atoms with Gasteiger partial charge in [0.2, 0.25) is 0 Å². The van der Waals surface area contributed by atoms with Crippen LogP contribution in [-0.2, 0) is 34.1 Å². The molecule has 0 saturated heterocycles. The lowest BCUT2D eigenvalue weighted by Crippen LogP contribution is -2.40. The number of nitrogens with zero attached hydrogens (tertiary/aromatic N) is 5. The molecule has 0 aliphatic carbocycles. The fourth-order valence-electron chi connectivity index (χ4n) is 3.54. The quantitative estimate of drug-likeness (QED) is 0.542. The minimum absolute atomic E-state index is 0.162. The highest BCUT2D eigenvalue weighted by Gasteiger charge is 2.19. The van der Waals surface area contributed by atoms with Crippen LogP contribution in [0.4, 0.5) is 0 Å². The van der Waals surface area contributed by atoms with Gasteiger partial charge < -0.3 is 9.13 Å². The zero-order valence-electron chi connectivity index (χ0n) is 15.4. The van der Waals surface area contributed by atoms with Gasteiger partial charge in [-0.25, -0.2) is 9.78 Å². The van der Waals surface area contributed by atoms with Gasteiger partial charge in [-0.3, -0.25) is 13.9 Å². The van der Waals surface area contributed by atoms with Gasteiger partial charge in [0.1, 0.15) is 5.82 Å². The van der Waals surface area contributed by atoms with E-state index < -0.39 is 5.69 Å². The molecule has 0 unspecified atom stereocenters. The maximum absolute atomic E-state index is 13.1. The summed E-state index contributed by atoms with van der Waals surface area (Å²) in [5.41, 5.74) is 1.85. The second kappa shape index (κ2) is 6.13. The lowest BCUT2D eigenvalue weighted by molar-refractivity contribution is 0.632. The highest BCUT2D eigenvalue weighted by molar-refractivity contribution is 6.31. The molecule has 0 N–H and O–H groups in total. The second-order valence-electron chi connectivity index (χ2n) is 6.64. The fraction of sp³-hybridized carbons (Fsp3) is 0.263. The average Bonchev–Trinajstić information content (AvgIpc) is 3.13. The third kappa shape index (κ3) is 2.53. The van der Waals surface area contributed by atoms with Gasteiger partial charge in [0.25, 0.3) is 5.56 Å². The van der Waals surface area contributed by atoms with Gasteiger partial charge in [-0.05, 0) is 31.2 Å². The molecule has 1 radical (unpaired) electrons. The van der Waals surface area contributed by atoms with Crippen molar-refractivity contribution in [1.29, 1.82) is 0 Å². The molecule has 7 nitrogen and oxygen atoms in total. The summed E-state index contributed by atoms with van der Waals surface area (Å²) in [4.78, 5) is 30.3. The molecule has 1 aromatic carbocycles. The van der Waals surface area contributed by atoms with Crippen molar-refractivity contribution in [3.63, 3.8) is 0 Å². The maximum atomic E-state index is 13.1. The van der Waals surface area contributed by atoms with E-state index in [0.717, 1.165) is 16.6 Å². The van der Waals surface area contributed by atoms with Gasteiger partial charge in [0, 0.05) is 49.2 Å². The first-order valence-electron chi connectivity index (χ1n) is 8.51. The van der Waals surface area contributed by atoms with Crippen LogP contribution < -0.4 is 11.2 Å². The van der Waals surface area contributed by atoms with Gasteiger partial charge in [0.05, 0.1) is 6.54 Å². The van der Waals surface area contributed by atoms with E-state index in [-0.39, 0.29) is 12.1 Å². The Morgan fingerprint density at radius 2 is 1.81 bits per heavy atom. The summed E-state index contributed by atoms with van der Waals surface area (Å²) in [5.74, 6) is 0.661. The molecule has 0 fully saturated rings. The first-order valence-corrected chi connectivity index (χ1v) is 8.89. The molecule has 0 spiro atoms. The van der Waals surface area contributed by atoms with Crippen LogP contribution in [0.15, 0.2) is 33.9 Å². The van der Waals surface area contributed by atoms with Crippen LogP contribution in [0, 0.1) is 6.92 Å². The number of benzene rings is 1. The fourth-order valence-corrected chi connectivity index (χ4v) is 3.72. The average molecular weight is 385 g/mol. The van der Waals surface area contributed by atoms with Crippen molar-refractivity contribution in [3.8, 4) is 0 Å². The van der Waals surface area contributed by atoms with E-state index in [4.69, 9.17) is 11.6 Å². The summed E-state index contributed by atoms with van der Waals surface area (Å²) >= 11 is 6.08. The predicted octanol–water partition coefficient (Wildman–Crippen LogP) is 2.00. The van der Waals surface area contributed by atoms with E-state index in [1.807, 2.05) is 35.9 Å². The molecular formula is C19H19ClN5O2. The molecule has 3 heterocycles. The molecular weight excluding hydrogens is 366 g/mol. The summed E-state index contributed by atoms with van der Waals surface area (Å²) in [6.07, 6.45) is 0.433. The topological polar surface area (TPSA) is 66.8 Å². The smallest absolute Gasteiger partial charge is 0.332 e. The largest absolute Gasteiger partial charge is 0.346 e. The lowest BCUT2D eigenvalue weighted by atomic mass is 10.2. The minimum Gasteiger partial charge on any atom is -0.346 e. The van der Waals surface area contributed by atoms with Gasteiger partial charge in [-0.1, -0.05) is 11.6 Å². The molecule has 0 bridgehead atoms. The maximum Gasteiger partial charge on any atom is 0.332 e. The number of aromatic nitrogens is 5. The van der Waals surface area contributed by atoms with Gasteiger partial charge >= 0.3 is 5.69 Å². The molecule has 0 atom stereocenters. The molecule has 139 valence electrons. The van der Waals surface area contributed by atoms with Crippen molar-refractivity contribution in [2.75, 3.05) is 0 Å².